The number of pyridine rings is 1. The van der Waals surface area contributed by atoms with E-state index in [0.717, 1.165) is 33.5 Å². The van der Waals surface area contributed by atoms with Crippen molar-refractivity contribution < 1.29 is 8.42 Å². The van der Waals surface area contributed by atoms with E-state index in [1.807, 2.05) is 0 Å². The summed E-state index contributed by atoms with van der Waals surface area (Å²) in [6, 6.07) is 3.16. The van der Waals surface area contributed by atoms with Crippen LogP contribution in [-0.2, 0) is 23.0 Å². The van der Waals surface area contributed by atoms with Gasteiger partial charge in [0.2, 0.25) is 0 Å². The highest BCUT2D eigenvalue weighted by Crippen LogP contribution is 2.32. The van der Waals surface area contributed by atoms with Crippen molar-refractivity contribution in [2.45, 2.75) is 17.2 Å². The zero-order valence-electron chi connectivity index (χ0n) is 11.3. The molecule has 0 unspecified atom stereocenters. The maximum absolute atomic E-state index is 12.7. The highest BCUT2D eigenvalue weighted by molar-refractivity contribution is 7.91. The number of aromatic amines is 1. The van der Waals surface area contributed by atoms with Crippen molar-refractivity contribution in [3.05, 3.63) is 40.0 Å². The molecule has 114 valence electrons. The van der Waals surface area contributed by atoms with Crippen LogP contribution in [0.2, 0.25) is 4.34 Å². The Morgan fingerprint density at radius 2 is 2.18 bits per heavy atom. The van der Waals surface area contributed by atoms with E-state index in [-0.39, 0.29) is 4.21 Å². The molecule has 1 aliphatic rings. The standard InChI is InChI=1S/C13H11ClN4O2S2/c14-11-1-2-12(21-11)22(19,20)18-4-3-9-8(7-18)5-15-13-10(9)6-16-17-13/h1-2,5-6H,3-4,7H2,(H,15,16,17). The number of aromatic nitrogens is 3. The molecule has 0 aromatic carbocycles. The number of sulfonamides is 1. The van der Waals surface area contributed by atoms with Crippen LogP contribution in [0.4, 0.5) is 0 Å². The molecule has 0 aliphatic carbocycles. The molecule has 1 N–H and O–H groups in total. The summed E-state index contributed by atoms with van der Waals surface area (Å²) < 4.78 is 27.5. The van der Waals surface area contributed by atoms with E-state index in [1.165, 1.54) is 4.31 Å². The molecule has 4 heterocycles. The maximum atomic E-state index is 12.7. The molecule has 0 spiro atoms. The van der Waals surface area contributed by atoms with Crippen LogP contribution in [0.15, 0.2) is 28.7 Å². The number of nitrogens with zero attached hydrogens (tertiary/aromatic N) is 3. The van der Waals surface area contributed by atoms with Gasteiger partial charge in [0.15, 0.2) is 5.65 Å². The van der Waals surface area contributed by atoms with E-state index in [4.69, 9.17) is 11.6 Å². The van der Waals surface area contributed by atoms with E-state index in [9.17, 15) is 8.42 Å². The minimum Gasteiger partial charge on any atom is -0.261 e. The molecule has 0 bridgehead atoms. The van der Waals surface area contributed by atoms with Gasteiger partial charge < -0.3 is 0 Å². The smallest absolute Gasteiger partial charge is 0.252 e. The lowest BCUT2D eigenvalue weighted by molar-refractivity contribution is 0.393. The quantitative estimate of drug-likeness (QED) is 0.766. The van der Waals surface area contributed by atoms with E-state index in [1.54, 1.807) is 24.5 Å². The summed E-state index contributed by atoms with van der Waals surface area (Å²) in [6.45, 7) is 0.760. The van der Waals surface area contributed by atoms with Gasteiger partial charge in [0.25, 0.3) is 10.0 Å². The second kappa shape index (κ2) is 5.02. The van der Waals surface area contributed by atoms with Crippen molar-refractivity contribution in [2.24, 2.45) is 0 Å². The van der Waals surface area contributed by atoms with Crippen LogP contribution >= 0.6 is 22.9 Å². The first-order valence-corrected chi connectivity index (χ1v) is 9.24. The van der Waals surface area contributed by atoms with Crippen LogP contribution in [-0.4, -0.2) is 34.4 Å². The Balaban J connectivity index is 1.72. The van der Waals surface area contributed by atoms with Gasteiger partial charge in [-0.25, -0.2) is 13.4 Å². The summed E-state index contributed by atoms with van der Waals surface area (Å²) in [5.41, 5.74) is 2.78. The van der Waals surface area contributed by atoms with E-state index < -0.39 is 10.0 Å². The first-order chi connectivity index (χ1) is 10.6. The maximum Gasteiger partial charge on any atom is 0.252 e. The predicted octanol–water partition coefficient (Wildman–Crippen LogP) is 2.42. The number of hydrogen-bond acceptors (Lipinski definition) is 5. The Morgan fingerprint density at radius 1 is 1.32 bits per heavy atom. The molecule has 0 radical (unpaired) electrons. The fourth-order valence-electron chi connectivity index (χ4n) is 2.70. The summed E-state index contributed by atoms with van der Waals surface area (Å²) >= 11 is 6.93. The van der Waals surface area contributed by atoms with Crippen LogP contribution in [0.3, 0.4) is 0 Å². The largest absolute Gasteiger partial charge is 0.261 e. The zero-order chi connectivity index (χ0) is 15.3. The fourth-order valence-corrected chi connectivity index (χ4v) is 5.75. The summed E-state index contributed by atoms with van der Waals surface area (Å²) in [4.78, 5) is 4.29. The van der Waals surface area contributed by atoms with Crippen molar-refractivity contribution in [2.75, 3.05) is 6.54 Å². The van der Waals surface area contributed by atoms with E-state index in [0.29, 0.717) is 23.8 Å². The van der Waals surface area contributed by atoms with Gasteiger partial charge in [-0.15, -0.1) is 11.3 Å². The second-order valence-electron chi connectivity index (χ2n) is 5.04. The number of H-pyrrole nitrogens is 1. The van der Waals surface area contributed by atoms with Gasteiger partial charge >= 0.3 is 0 Å². The van der Waals surface area contributed by atoms with Gasteiger partial charge in [0.1, 0.15) is 4.21 Å². The summed E-state index contributed by atoms with van der Waals surface area (Å²) in [6.07, 6.45) is 4.11. The number of nitrogens with one attached hydrogen (secondary N) is 1. The van der Waals surface area contributed by atoms with Crippen LogP contribution in [0.1, 0.15) is 11.1 Å². The van der Waals surface area contributed by atoms with Crippen molar-refractivity contribution in [3.8, 4) is 0 Å². The van der Waals surface area contributed by atoms with Crippen LogP contribution < -0.4 is 0 Å². The molecule has 9 heteroatoms. The Labute approximate surface area is 135 Å². The van der Waals surface area contributed by atoms with Gasteiger partial charge in [-0.2, -0.15) is 9.40 Å². The molecule has 3 aromatic heterocycles. The van der Waals surface area contributed by atoms with Crippen LogP contribution in [0.5, 0.6) is 0 Å². The third kappa shape index (κ3) is 2.14. The summed E-state index contributed by atoms with van der Waals surface area (Å²) in [5, 5.41) is 7.80. The summed E-state index contributed by atoms with van der Waals surface area (Å²) in [7, 11) is -3.51. The highest BCUT2D eigenvalue weighted by Gasteiger charge is 2.30. The number of halogens is 1. The van der Waals surface area contributed by atoms with Gasteiger partial charge in [-0.1, -0.05) is 11.6 Å². The molecule has 0 amide bonds. The average Bonchev–Trinajstić information content (AvgIpc) is 3.15. The van der Waals surface area contributed by atoms with Crippen LogP contribution in [0.25, 0.3) is 11.0 Å². The third-order valence-electron chi connectivity index (χ3n) is 3.78. The van der Waals surface area contributed by atoms with Gasteiger partial charge in [0, 0.05) is 24.7 Å². The average molecular weight is 355 g/mol. The van der Waals surface area contributed by atoms with Gasteiger partial charge in [0.05, 0.1) is 10.5 Å². The Hall–Kier alpha value is -1.48. The zero-order valence-corrected chi connectivity index (χ0v) is 13.7. The lowest BCUT2D eigenvalue weighted by atomic mass is 10.0. The van der Waals surface area contributed by atoms with Crippen molar-refractivity contribution in [1.82, 2.24) is 19.5 Å². The van der Waals surface area contributed by atoms with Gasteiger partial charge in [-0.05, 0) is 29.7 Å². The Morgan fingerprint density at radius 3 is 2.95 bits per heavy atom. The monoisotopic (exact) mass is 354 g/mol. The summed E-state index contributed by atoms with van der Waals surface area (Å²) in [5.74, 6) is 0. The van der Waals surface area contributed by atoms with Crippen molar-refractivity contribution in [3.63, 3.8) is 0 Å². The number of hydrogen-bond donors (Lipinski definition) is 1. The third-order valence-corrected chi connectivity index (χ3v) is 7.33. The first-order valence-electron chi connectivity index (χ1n) is 6.61. The first kappa shape index (κ1) is 14.1. The van der Waals surface area contributed by atoms with Gasteiger partial charge in [-0.3, -0.25) is 5.10 Å². The lowest BCUT2D eigenvalue weighted by Crippen LogP contribution is -2.35. The molecular formula is C13H11ClN4O2S2. The molecule has 1 aliphatic heterocycles. The van der Waals surface area contributed by atoms with Crippen molar-refractivity contribution in [1.29, 1.82) is 0 Å². The van der Waals surface area contributed by atoms with Crippen molar-refractivity contribution >= 4 is 44.0 Å². The molecule has 0 saturated heterocycles. The molecule has 3 aromatic rings. The molecule has 0 saturated carbocycles. The van der Waals surface area contributed by atoms with E-state index in [2.05, 4.69) is 15.2 Å². The molecule has 6 nitrogen and oxygen atoms in total. The van der Waals surface area contributed by atoms with E-state index >= 15 is 0 Å². The number of rotatable bonds is 2. The molecule has 4 rings (SSSR count). The fraction of sp³-hybridized carbons (Fsp3) is 0.231. The minimum atomic E-state index is -3.51. The minimum absolute atomic E-state index is 0.276. The number of fused-ring (bicyclic) bond motifs is 3. The predicted molar refractivity (Wildman–Crippen MR) is 84.5 cm³/mol. The topological polar surface area (TPSA) is 79.0 Å². The second-order valence-corrected chi connectivity index (χ2v) is 8.92. The normalized spacial score (nSPS) is 16.0. The molecular weight excluding hydrogens is 344 g/mol. The Bertz CT molecular complexity index is 963. The molecule has 22 heavy (non-hydrogen) atoms. The SMILES string of the molecule is O=S(=O)(c1ccc(Cl)s1)N1CCc2c(cnc3[nH]ncc23)C1. The van der Waals surface area contributed by atoms with Crippen LogP contribution in [0, 0.1) is 0 Å². The lowest BCUT2D eigenvalue weighted by Gasteiger charge is -2.27. The highest BCUT2D eigenvalue weighted by atomic mass is 35.5. The number of thiophene rings is 1. The molecule has 0 fully saturated rings. The molecule has 0 atom stereocenters. The Kier molecular flexibility index (Phi) is 3.23.